The molecule has 7 rings (SSSR count). The van der Waals surface area contributed by atoms with E-state index in [0.717, 1.165) is 22.3 Å². The van der Waals surface area contributed by atoms with Gasteiger partial charge in [-0.25, -0.2) is 4.90 Å². The molecule has 2 bridgehead atoms. The molecule has 1 fully saturated rings. The molecule has 0 radical (unpaired) electrons. The highest BCUT2D eigenvalue weighted by atomic mass is 16.5. The molecule has 3 aromatic carbocycles. The third-order valence-corrected chi connectivity index (χ3v) is 7.53. The lowest BCUT2D eigenvalue weighted by molar-refractivity contribution is -0.132. The highest BCUT2D eigenvalue weighted by molar-refractivity contribution is 6.25. The normalized spacial score (nSPS) is 26.1. The van der Waals surface area contributed by atoms with E-state index in [9.17, 15) is 19.2 Å². The van der Waals surface area contributed by atoms with E-state index in [0.29, 0.717) is 11.4 Å². The molecule has 0 saturated carbocycles. The van der Waals surface area contributed by atoms with Crippen molar-refractivity contribution in [2.45, 2.75) is 25.2 Å². The predicted molar refractivity (Wildman–Crippen MR) is 123 cm³/mol. The Kier molecular flexibility index (Phi) is 4.21. The zero-order valence-corrected chi connectivity index (χ0v) is 18.6. The maximum Gasteiger partial charge on any atom is 0.308 e. The summed E-state index contributed by atoms with van der Waals surface area (Å²) in [6.07, 6.45) is 0. The van der Waals surface area contributed by atoms with Crippen LogP contribution in [0.2, 0.25) is 0 Å². The van der Waals surface area contributed by atoms with Gasteiger partial charge in [-0.1, -0.05) is 48.5 Å². The first-order valence-electron chi connectivity index (χ1n) is 11.2. The molecule has 4 aliphatic rings. The maximum absolute atomic E-state index is 14.0. The van der Waals surface area contributed by atoms with Crippen molar-refractivity contribution in [3.8, 4) is 5.75 Å². The highest BCUT2D eigenvalue weighted by Crippen LogP contribution is 2.64. The first kappa shape index (κ1) is 20.5. The predicted octanol–water partition coefficient (Wildman–Crippen LogP) is 3.75. The van der Waals surface area contributed by atoms with Crippen LogP contribution in [-0.2, 0) is 24.6 Å². The van der Waals surface area contributed by atoms with Crippen molar-refractivity contribution >= 4 is 29.3 Å². The summed E-state index contributed by atoms with van der Waals surface area (Å²) in [5, 5.41) is 0. The zero-order valence-electron chi connectivity index (χ0n) is 18.6. The van der Waals surface area contributed by atoms with Gasteiger partial charge in [0.15, 0.2) is 0 Å². The fourth-order valence-electron chi connectivity index (χ4n) is 6.45. The fourth-order valence-corrected chi connectivity index (χ4v) is 6.45. The summed E-state index contributed by atoms with van der Waals surface area (Å²) in [4.78, 5) is 53.9. The molecule has 6 heteroatoms. The third-order valence-electron chi connectivity index (χ3n) is 7.53. The molecule has 0 aromatic heterocycles. The first-order chi connectivity index (χ1) is 16.4. The second-order valence-electron chi connectivity index (χ2n) is 9.12. The zero-order chi connectivity index (χ0) is 23.8. The second-order valence-corrected chi connectivity index (χ2v) is 9.12. The average molecular weight is 451 g/mol. The van der Waals surface area contributed by atoms with Gasteiger partial charge < -0.3 is 4.74 Å². The molecule has 1 aliphatic heterocycles. The van der Waals surface area contributed by atoms with Crippen LogP contribution in [0.15, 0.2) is 72.8 Å². The number of esters is 1. The Morgan fingerprint density at radius 2 is 1.35 bits per heavy atom. The molecule has 6 nitrogen and oxygen atoms in total. The summed E-state index contributed by atoms with van der Waals surface area (Å²) >= 11 is 0. The molecule has 0 N–H and O–H groups in total. The van der Waals surface area contributed by atoms with Gasteiger partial charge >= 0.3 is 5.97 Å². The van der Waals surface area contributed by atoms with Crippen molar-refractivity contribution in [2.75, 3.05) is 4.90 Å². The van der Waals surface area contributed by atoms with Crippen LogP contribution in [0.3, 0.4) is 0 Å². The van der Waals surface area contributed by atoms with E-state index in [-0.39, 0.29) is 23.5 Å². The van der Waals surface area contributed by atoms with Crippen molar-refractivity contribution in [3.63, 3.8) is 0 Å². The summed E-state index contributed by atoms with van der Waals surface area (Å²) in [7, 11) is 0. The summed E-state index contributed by atoms with van der Waals surface area (Å²) < 4.78 is 5.08. The van der Waals surface area contributed by atoms with Gasteiger partial charge in [-0.05, 0) is 53.4 Å². The van der Waals surface area contributed by atoms with Crippen LogP contribution in [0.4, 0.5) is 5.69 Å². The van der Waals surface area contributed by atoms with Crippen LogP contribution in [-0.4, -0.2) is 23.6 Å². The van der Waals surface area contributed by atoms with Crippen LogP contribution < -0.4 is 9.64 Å². The Labute approximate surface area is 196 Å². The molecule has 1 heterocycles. The molecule has 2 amide bonds. The molecule has 0 spiro atoms. The number of anilines is 1. The second kappa shape index (κ2) is 6.97. The number of hydrogen-bond donors (Lipinski definition) is 0. The molecular formula is C28H21NO5. The average Bonchev–Trinajstić information content (AvgIpc) is 3.10. The van der Waals surface area contributed by atoms with Crippen LogP contribution in [0.5, 0.6) is 5.75 Å². The van der Waals surface area contributed by atoms with Gasteiger partial charge in [0.2, 0.25) is 11.8 Å². The highest BCUT2D eigenvalue weighted by Gasteiger charge is 2.69. The lowest BCUT2D eigenvalue weighted by Gasteiger charge is -2.52. The molecule has 0 unspecified atom stereocenters. The van der Waals surface area contributed by atoms with E-state index in [1.54, 1.807) is 24.3 Å². The minimum Gasteiger partial charge on any atom is -0.427 e. The largest absolute Gasteiger partial charge is 0.427 e. The Bertz CT molecular complexity index is 1360. The van der Waals surface area contributed by atoms with Crippen molar-refractivity contribution in [1.82, 2.24) is 0 Å². The van der Waals surface area contributed by atoms with E-state index in [4.69, 9.17) is 4.74 Å². The van der Waals surface area contributed by atoms with Gasteiger partial charge in [0.1, 0.15) is 11.5 Å². The number of benzene rings is 3. The summed E-state index contributed by atoms with van der Waals surface area (Å²) in [6, 6.07) is 21.7. The van der Waals surface area contributed by atoms with E-state index >= 15 is 0 Å². The van der Waals surface area contributed by atoms with Crippen molar-refractivity contribution in [2.24, 2.45) is 11.8 Å². The summed E-state index contributed by atoms with van der Waals surface area (Å²) in [5.41, 5.74) is 2.69. The van der Waals surface area contributed by atoms with E-state index in [1.165, 1.54) is 18.7 Å². The summed E-state index contributed by atoms with van der Waals surface area (Å²) in [5.74, 6) is -2.76. The van der Waals surface area contributed by atoms with Gasteiger partial charge in [0, 0.05) is 12.8 Å². The summed E-state index contributed by atoms with van der Waals surface area (Å²) in [6.45, 7) is 2.82. The minimum absolute atomic E-state index is 0.145. The van der Waals surface area contributed by atoms with E-state index < -0.39 is 23.2 Å². The lowest BCUT2D eigenvalue weighted by atomic mass is 9.46. The van der Waals surface area contributed by atoms with Crippen molar-refractivity contribution in [3.05, 3.63) is 95.1 Å². The number of ether oxygens (including phenoxy) is 1. The van der Waals surface area contributed by atoms with E-state index in [1.807, 2.05) is 48.5 Å². The Hall–Kier alpha value is -4.06. The smallest absolute Gasteiger partial charge is 0.308 e. The Morgan fingerprint density at radius 3 is 1.88 bits per heavy atom. The molecule has 168 valence electrons. The number of carbonyl (C=O) groups excluding carboxylic acids is 4. The number of hydrogen-bond acceptors (Lipinski definition) is 5. The molecular weight excluding hydrogens is 430 g/mol. The number of Topliss-reactive ketones (excluding diaryl/α,β-unsaturated/α-hetero) is 1. The molecule has 34 heavy (non-hydrogen) atoms. The number of imide groups is 1. The monoisotopic (exact) mass is 451 g/mol. The molecule has 3 aliphatic carbocycles. The number of ketones is 1. The van der Waals surface area contributed by atoms with Crippen LogP contribution >= 0.6 is 0 Å². The standard InChI is InChI=1S/C28H21NO5/c1-15(30)28-21-9-5-3-7-19(21)23(20-8-4-6-10-22(20)28)24-25(28)27(33)29(26(24)32)17-11-13-18(14-12-17)34-16(2)31/h3-14,23-25H,1-2H3/t23?,24-,25+,28?/m0/s1. The maximum atomic E-state index is 14.0. The molecule has 1 saturated heterocycles. The van der Waals surface area contributed by atoms with Crippen LogP contribution in [0.25, 0.3) is 0 Å². The minimum atomic E-state index is -1.22. The molecule has 3 aromatic rings. The van der Waals surface area contributed by atoms with E-state index in [2.05, 4.69) is 0 Å². The van der Waals surface area contributed by atoms with Gasteiger partial charge in [0.05, 0.1) is 22.9 Å². The fraction of sp³-hybridized carbons (Fsp3) is 0.214. The lowest BCUT2D eigenvalue weighted by Crippen LogP contribution is -2.57. The first-order valence-corrected chi connectivity index (χ1v) is 11.2. The number of nitrogens with zero attached hydrogens (tertiary/aromatic N) is 1. The van der Waals surface area contributed by atoms with Crippen molar-refractivity contribution < 1.29 is 23.9 Å². The van der Waals surface area contributed by atoms with Crippen LogP contribution in [0, 0.1) is 11.8 Å². The molecule has 2 atom stereocenters. The van der Waals surface area contributed by atoms with Gasteiger partial charge in [0.25, 0.3) is 0 Å². The van der Waals surface area contributed by atoms with Crippen molar-refractivity contribution in [1.29, 1.82) is 0 Å². The number of carbonyl (C=O) groups is 4. The Balaban J connectivity index is 1.56. The van der Waals surface area contributed by atoms with Gasteiger partial charge in [-0.2, -0.15) is 0 Å². The number of amides is 2. The third kappa shape index (κ3) is 2.40. The van der Waals surface area contributed by atoms with Gasteiger partial charge in [-0.3, -0.25) is 19.2 Å². The topological polar surface area (TPSA) is 80.8 Å². The SMILES string of the molecule is CC(=O)Oc1ccc(N2C(=O)[C@H]3C4c5ccccc5C(C(C)=O)(c5ccccc54)[C@H]3C2=O)cc1. The van der Waals surface area contributed by atoms with Crippen LogP contribution in [0.1, 0.15) is 42.0 Å². The Morgan fingerprint density at radius 1 is 0.794 bits per heavy atom. The van der Waals surface area contributed by atoms with Gasteiger partial charge in [-0.15, -0.1) is 0 Å². The number of rotatable bonds is 3. The quantitative estimate of drug-likeness (QED) is 0.344.